The van der Waals surface area contributed by atoms with Crippen LogP contribution in [0.5, 0.6) is 5.75 Å². The van der Waals surface area contributed by atoms with Crippen molar-refractivity contribution in [3.05, 3.63) is 70.9 Å². The molecule has 2 aromatic carbocycles. The molecule has 8 heteroatoms. The smallest absolute Gasteiger partial charge is 0.207 e. The van der Waals surface area contributed by atoms with Gasteiger partial charge in [-0.2, -0.15) is 5.26 Å². The van der Waals surface area contributed by atoms with Gasteiger partial charge in [0.25, 0.3) is 0 Å². The van der Waals surface area contributed by atoms with Gasteiger partial charge in [-0.1, -0.05) is 12.5 Å². The molecule has 2 aromatic rings. The van der Waals surface area contributed by atoms with Crippen LogP contribution in [0.4, 0.5) is 14.5 Å². The van der Waals surface area contributed by atoms with Gasteiger partial charge in [0.15, 0.2) is 11.6 Å². The summed E-state index contributed by atoms with van der Waals surface area (Å²) >= 11 is 0. The highest BCUT2D eigenvalue weighted by molar-refractivity contribution is 6.09. The lowest BCUT2D eigenvalue weighted by atomic mass is 10.1. The van der Waals surface area contributed by atoms with E-state index in [0.29, 0.717) is 24.3 Å². The molecule has 2 rings (SSSR count). The number of nitriles is 1. The van der Waals surface area contributed by atoms with Gasteiger partial charge in [0.05, 0.1) is 18.4 Å². The number of amides is 1. The number of carbonyl (C=O) groups is 1. The highest BCUT2D eigenvalue weighted by Crippen LogP contribution is 2.28. The van der Waals surface area contributed by atoms with Crippen molar-refractivity contribution in [3.8, 4) is 11.8 Å². The predicted molar refractivity (Wildman–Crippen MR) is 120 cm³/mol. The molecule has 0 aliphatic carbocycles. The first kappa shape index (κ1) is 24.5. The number of ether oxygens (including phenoxy) is 1. The Balaban J connectivity index is 2.30. The van der Waals surface area contributed by atoms with Gasteiger partial charge in [0.1, 0.15) is 17.7 Å². The lowest BCUT2D eigenvalue weighted by molar-refractivity contribution is -0.109. The number of methoxy groups -OCH3 is 1. The second-order valence-corrected chi connectivity index (χ2v) is 7.08. The minimum absolute atomic E-state index is 0.0538. The number of nitrogens with zero attached hydrogens (tertiary/aromatic N) is 2. The molecule has 0 saturated heterocycles. The second-order valence-electron chi connectivity index (χ2n) is 7.08. The van der Waals surface area contributed by atoms with Crippen molar-refractivity contribution in [2.45, 2.75) is 32.6 Å². The average molecular weight is 440 g/mol. The third-order valence-corrected chi connectivity index (χ3v) is 4.88. The van der Waals surface area contributed by atoms with Crippen LogP contribution in [0.25, 0.3) is 0 Å². The van der Waals surface area contributed by atoms with E-state index < -0.39 is 11.6 Å². The van der Waals surface area contributed by atoms with Gasteiger partial charge in [-0.15, -0.1) is 0 Å². The number of nitrogens with one attached hydrogen (secondary N) is 2. The highest BCUT2D eigenvalue weighted by Gasteiger charge is 2.19. The third kappa shape index (κ3) is 6.38. The minimum atomic E-state index is -0.721. The Kier molecular flexibility index (Phi) is 9.36. The van der Waals surface area contributed by atoms with E-state index in [-0.39, 0.29) is 22.7 Å². The standard InChI is InChI=1S/C24H26F2N4O2/c1-17(7-5-3-4-6-12-29-16-31)30(20-10-11-23(32-2)22(26)14-20)24(28)18-8-9-19(15-27)21(25)13-18/h7-11,13-14,16,28H,3-6,12H2,1-2H3,(H,29,31)/b17-7+,28-24?. The molecule has 0 radical (unpaired) electrons. The van der Waals surface area contributed by atoms with Crippen molar-refractivity contribution in [2.24, 2.45) is 0 Å². The SMILES string of the molecule is COc1ccc(N(C(=N)c2ccc(C#N)c(F)c2)/C(C)=C/CCCCCNC=O)cc1F. The number of amidine groups is 1. The molecule has 32 heavy (non-hydrogen) atoms. The largest absolute Gasteiger partial charge is 0.494 e. The van der Waals surface area contributed by atoms with Gasteiger partial charge in [-0.05, 0) is 56.5 Å². The molecule has 0 fully saturated rings. The lowest BCUT2D eigenvalue weighted by Gasteiger charge is -2.27. The normalized spacial score (nSPS) is 10.9. The first-order valence-corrected chi connectivity index (χ1v) is 10.2. The van der Waals surface area contributed by atoms with Crippen LogP contribution in [0.1, 0.15) is 43.7 Å². The summed E-state index contributed by atoms with van der Waals surface area (Å²) in [6.07, 6.45) is 5.98. The summed E-state index contributed by atoms with van der Waals surface area (Å²) in [6.45, 7) is 2.42. The molecule has 2 N–H and O–H groups in total. The van der Waals surface area contributed by atoms with E-state index in [1.807, 2.05) is 6.08 Å². The third-order valence-electron chi connectivity index (χ3n) is 4.88. The first-order chi connectivity index (χ1) is 15.4. The molecule has 0 spiro atoms. The molecule has 0 unspecified atom stereocenters. The minimum Gasteiger partial charge on any atom is -0.494 e. The van der Waals surface area contributed by atoms with Crippen molar-refractivity contribution in [2.75, 3.05) is 18.6 Å². The van der Waals surface area contributed by atoms with E-state index in [9.17, 15) is 13.6 Å². The van der Waals surface area contributed by atoms with E-state index in [4.69, 9.17) is 15.4 Å². The summed E-state index contributed by atoms with van der Waals surface area (Å²) in [7, 11) is 1.37. The Labute approximate surface area is 186 Å². The Bertz CT molecular complexity index is 1030. The lowest BCUT2D eigenvalue weighted by Crippen LogP contribution is -2.29. The molecular formula is C24H26F2N4O2. The Morgan fingerprint density at radius 2 is 1.97 bits per heavy atom. The molecule has 0 atom stereocenters. The maximum atomic E-state index is 14.4. The summed E-state index contributed by atoms with van der Waals surface area (Å²) in [5.74, 6) is -1.28. The van der Waals surface area contributed by atoms with E-state index in [2.05, 4.69) is 5.32 Å². The van der Waals surface area contributed by atoms with E-state index in [0.717, 1.165) is 31.7 Å². The van der Waals surface area contributed by atoms with E-state index >= 15 is 0 Å². The molecule has 0 aliphatic heterocycles. The van der Waals surface area contributed by atoms with Crippen LogP contribution in [-0.2, 0) is 4.79 Å². The topological polar surface area (TPSA) is 89.2 Å². The molecule has 0 bridgehead atoms. The van der Waals surface area contributed by atoms with Gasteiger partial charge in [-0.25, -0.2) is 8.78 Å². The summed E-state index contributed by atoms with van der Waals surface area (Å²) in [5.41, 5.74) is 1.21. The first-order valence-electron chi connectivity index (χ1n) is 10.2. The fourth-order valence-electron chi connectivity index (χ4n) is 3.19. The second kappa shape index (κ2) is 12.2. The molecule has 168 valence electrons. The van der Waals surface area contributed by atoms with Crippen LogP contribution in [0, 0.1) is 28.4 Å². The van der Waals surface area contributed by atoms with E-state index in [1.165, 1.54) is 36.3 Å². The number of anilines is 1. The molecule has 1 amide bonds. The van der Waals surface area contributed by atoms with Gasteiger partial charge < -0.3 is 10.1 Å². The molecule has 0 aliphatic rings. The van der Waals surface area contributed by atoms with Crippen molar-refractivity contribution in [3.63, 3.8) is 0 Å². The quantitative estimate of drug-likeness (QED) is 0.225. The van der Waals surface area contributed by atoms with Gasteiger partial charge in [-0.3, -0.25) is 15.1 Å². The summed E-state index contributed by atoms with van der Waals surface area (Å²) in [4.78, 5) is 11.8. The average Bonchev–Trinajstić information content (AvgIpc) is 2.78. The van der Waals surface area contributed by atoms with Crippen molar-refractivity contribution < 1.29 is 18.3 Å². The fourth-order valence-corrected chi connectivity index (χ4v) is 3.19. The number of unbranched alkanes of at least 4 members (excludes halogenated alkanes) is 3. The van der Waals surface area contributed by atoms with Crippen LogP contribution < -0.4 is 15.0 Å². The van der Waals surface area contributed by atoms with Crippen LogP contribution in [-0.4, -0.2) is 25.9 Å². The van der Waals surface area contributed by atoms with Gasteiger partial charge in [0.2, 0.25) is 6.41 Å². The molecule has 0 saturated carbocycles. The summed E-state index contributed by atoms with van der Waals surface area (Å²) in [5, 5.41) is 20.3. The Morgan fingerprint density at radius 1 is 1.19 bits per heavy atom. The molecule has 0 aromatic heterocycles. The number of rotatable bonds is 11. The van der Waals surface area contributed by atoms with Crippen LogP contribution in [0.15, 0.2) is 48.2 Å². The molecular weight excluding hydrogens is 414 g/mol. The van der Waals surface area contributed by atoms with Crippen LogP contribution in [0.3, 0.4) is 0 Å². The molecule has 0 heterocycles. The Hall–Kier alpha value is -3.73. The zero-order valence-corrected chi connectivity index (χ0v) is 18.1. The maximum Gasteiger partial charge on any atom is 0.207 e. The number of benzene rings is 2. The number of carbonyl (C=O) groups excluding carboxylic acids is 1. The van der Waals surface area contributed by atoms with Crippen molar-refractivity contribution >= 4 is 17.9 Å². The fraction of sp³-hybridized carbons (Fsp3) is 0.292. The number of allylic oxidation sites excluding steroid dienone is 2. The van der Waals surface area contributed by atoms with E-state index in [1.54, 1.807) is 19.1 Å². The van der Waals surface area contributed by atoms with Crippen molar-refractivity contribution in [1.29, 1.82) is 10.7 Å². The number of halogens is 2. The summed E-state index contributed by atoms with van der Waals surface area (Å²) < 4.78 is 33.5. The zero-order valence-electron chi connectivity index (χ0n) is 18.1. The molecule has 6 nitrogen and oxygen atoms in total. The van der Waals surface area contributed by atoms with Crippen molar-refractivity contribution in [1.82, 2.24) is 5.32 Å². The maximum absolute atomic E-state index is 14.4. The number of hydrogen-bond donors (Lipinski definition) is 2. The Morgan fingerprint density at radius 3 is 2.59 bits per heavy atom. The number of hydrogen-bond acceptors (Lipinski definition) is 4. The van der Waals surface area contributed by atoms with Crippen LogP contribution in [0.2, 0.25) is 0 Å². The summed E-state index contributed by atoms with van der Waals surface area (Å²) in [6, 6.07) is 10.0. The zero-order chi connectivity index (χ0) is 23.5. The van der Waals surface area contributed by atoms with Gasteiger partial charge >= 0.3 is 0 Å². The van der Waals surface area contributed by atoms with Crippen LogP contribution >= 0.6 is 0 Å². The highest BCUT2D eigenvalue weighted by atomic mass is 19.1. The monoisotopic (exact) mass is 440 g/mol. The van der Waals surface area contributed by atoms with Gasteiger partial charge in [0, 0.05) is 23.9 Å². The predicted octanol–water partition coefficient (Wildman–Crippen LogP) is 4.89.